The maximum absolute atomic E-state index is 13.6. The topological polar surface area (TPSA) is 66.4 Å². The van der Waals surface area contributed by atoms with Crippen LogP contribution in [0.1, 0.15) is 44.1 Å². The van der Waals surface area contributed by atoms with E-state index >= 15 is 0 Å². The molecular weight excluding hydrogens is 273 g/mol. The van der Waals surface area contributed by atoms with Gasteiger partial charge in [0.15, 0.2) is 0 Å². The number of nitrogens with one attached hydrogen (secondary N) is 1. The summed E-state index contributed by atoms with van der Waals surface area (Å²) in [5.74, 6) is -1.88. The second-order valence-electron chi connectivity index (χ2n) is 5.62. The van der Waals surface area contributed by atoms with Crippen molar-refractivity contribution in [3.05, 3.63) is 35.6 Å². The lowest BCUT2D eigenvalue weighted by atomic mass is 9.90. The number of benzene rings is 1. The van der Waals surface area contributed by atoms with Gasteiger partial charge in [-0.15, -0.1) is 0 Å². The molecule has 114 valence electrons. The molecule has 1 aromatic rings. The van der Waals surface area contributed by atoms with Crippen molar-refractivity contribution in [1.29, 1.82) is 0 Å². The maximum Gasteiger partial charge on any atom is 0.329 e. The second-order valence-corrected chi connectivity index (χ2v) is 5.62. The normalized spacial score (nSPS) is 17.8. The summed E-state index contributed by atoms with van der Waals surface area (Å²) in [5.41, 5.74) is -0.914. The Labute approximate surface area is 123 Å². The fourth-order valence-corrected chi connectivity index (χ4v) is 2.85. The minimum absolute atomic E-state index is 0.137. The van der Waals surface area contributed by atoms with Crippen molar-refractivity contribution in [3.8, 4) is 0 Å². The van der Waals surface area contributed by atoms with Gasteiger partial charge in [-0.1, -0.05) is 43.9 Å². The average Bonchev–Trinajstić information content (AvgIpc) is 2.68. The molecule has 1 aliphatic carbocycles. The molecule has 0 spiro atoms. The van der Waals surface area contributed by atoms with E-state index in [2.05, 4.69) is 5.32 Å². The fraction of sp³-hybridized carbons (Fsp3) is 0.500. The Morgan fingerprint density at radius 1 is 1.14 bits per heavy atom. The lowest BCUT2D eigenvalue weighted by Crippen LogP contribution is -2.54. The SMILES string of the molecule is O=C(Cc1ccccc1F)NC1(C(=O)O)CCCCCC1. The summed E-state index contributed by atoms with van der Waals surface area (Å²) in [7, 11) is 0. The Balaban J connectivity index is 2.08. The van der Waals surface area contributed by atoms with Crippen LogP contribution in [0, 0.1) is 5.82 Å². The monoisotopic (exact) mass is 293 g/mol. The number of carbonyl (C=O) groups excluding carboxylic acids is 1. The summed E-state index contributed by atoms with van der Waals surface area (Å²) in [6, 6.07) is 6.04. The first-order valence-electron chi connectivity index (χ1n) is 7.31. The largest absolute Gasteiger partial charge is 0.480 e. The van der Waals surface area contributed by atoms with Gasteiger partial charge in [-0.2, -0.15) is 0 Å². The van der Waals surface area contributed by atoms with Crippen LogP contribution < -0.4 is 5.32 Å². The van der Waals surface area contributed by atoms with Gasteiger partial charge in [0, 0.05) is 0 Å². The van der Waals surface area contributed by atoms with Crippen molar-refractivity contribution in [3.63, 3.8) is 0 Å². The average molecular weight is 293 g/mol. The second kappa shape index (κ2) is 6.70. The maximum atomic E-state index is 13.6. The van der Waals surface area contributed by atoms with Crippen molar-refractivity contribution in [2.45, 2.75) is 50.5 Å². The molecule has 0 heterocycles. The summed E-state index contributed by atoms with van der Waals surface area (Å²) in [6.07, 6.45) is 4.27. The molecule has 0 aliphatic heterocycles. The van der Waals surface area contributed by atoms with Crippen molar-refractivity contribution in [2.24, 2.45) is 0 Å². The van der Waals surface area contributed by atoms with Crippen LogP contribution in [0.25, 0.3) is 0 Å². The van der Waals surface area contributed by atoms with Crippen LogP contribution in [0.5, 0.6) is 0 Å². The number of carboxylic acids is 1. The molecule has 0 bridgehead atoms. The predicted molar refractivity (Wildman–Crippen MR) is 76.3 cm³/mol. The predicted octanol–water partition coefficient (Wildman–Crippen LogP) is 2.66. The van der Waals surface area contributed by atoms with Crippen LogP contribution in [0.2, 0.25) is 0 Å². The molecule has 1 saturated carbocycles. The quantitative estimate of drug-likeness (QED) is 0.839. The number of hydrogen-bond donors (Lipinski definition) is 2. The molecule has 2 rings (SSSR count). The highest BCUT2D eigenvalue weighted by atomic mass is 19.1. The van der Waals surface area contributed by atoms with Gasteiger partial charge in [0.05, 0.1) is 6.42 Å². The number of aliphatic carboxylic acids is 1. The van der Waals surface area contributed by atoms with Gasteiger partial charge < -0.3 is 10.4 Å². The molecule has 4 nitrogen and oxygen atoms in total. The minimum Gasteiger partial charge on any atom is -0.480 e. The van der Waals surface area contributed by atoms with Crippen LogP contribution in [-0.2, 0) is 16.0 Å². The van der Waals surface area contributed by atoms with Crippen molar-refractivity contribution in [2.75, 3.05) is 0 Å². The van der Waals surface area contributed by atoms with Gasteiger partial charge in [0.2, 0.25) is 5.91 Å². The summed E-state index contributed by atoms with van der Waals surface area (Å²) >= 11 is 0. The molecular formula is C16H20FNO3. The van der Waals surface area contributed by atoms with Crippen LogP contribution in [0.4, 0.5) is 4.39 Å². The Hall–Kier alpha value is -1.91. The minimum atomic E-state index is -1.20. The van der Waals surface area contributed by atoms with Crippen molar-refractivity contribution in [1.82, 2.24) is 5.32 Å². The molecule has 1 aromatic carbocycles. The standard InChI is InChI=1S/C16H20FNO3/c17-13-8-4-3-7-12(13)11-14(19)18-16(15(20)21)9-5-1-2-6-10-16/h3-4,7-8H,1-2,5-6,9-11H2,(H,18,19)(H,20,21). The lowest BCUT2D eigenvalue weighted by Gasteiger charge is -2.29. The third-order valence-electron chi connectivity index (χ3n) is 4.05. The Morgan fingerprint density at radius 3 is 2.33 bits per heavy atom. The summed E-state index contributed by atoms with van der Waals surface area (Å²) in [5, 5.41) is 12.1. The molecule has 2 N–H and O–H groups in total. The molecule has 0 unspecified atom stereocenters. The summed E-state index contributed by atoms with van der Waals surface area (Å²) in [6.45, 7) is 0. The van der Waals surface area contributed by atoms with E-state index < -0.39 is 23.2 Å². The summed E-state index contributed by atoms with van der Waals surface area (Å²) < 4.78 is 13.6. The number of carboxylic acid groups (broad SMARTS) is 1. The first-order chi connectivity index (χ1) is 10.0. The molecule has 1 aliphatic rings. The molecule has 0 radical (unpaired) electrons. The van der Waals surface area contributed by atoms with Gasteiger partial charge in [-0.3, -0.25) is 4.79 Å². The van der Waals surface area contributed by atoms with Crippen LogP contribution >= 0.6 is 0 Å². The van der Waals surface area contributed by atoms with E-state index in [0.29, 0.717) is 12.8 Å². The van der Waals surface area contributed by atoms with Crippen LogP contribution in [-0.4, -0.2) is 22.5 Å². The van der Waals surface area contributed by atoms with E-state index in [1.807, 2.05) is 0 Å². The van der Waals surface area contributed by atoms with Crippen molar-refractivity contribution >= 4 is 11.9 Å². The zero-order valence-corrected chi connectivity index (χ0v) is 11.9. The molecule has 0 atom stereocenters. The van der Waals surface area contributed by atoms with Crippen LogP contribution in [0.3, 0.4) is 0 Å². The molecule has 1 amide bonds. The zero-order valence-electron chi connectivity index (χ0n) is 11.9. The highest BCUT2D eigenvalue weighted by Gasteiger charge is 2.39. The third kappa shape index (κ3) is 3.80. The van der Waals surface area contributed by atoms with Gasteiger partial charge >= 0.3 is 5.97 Å². The van der Waals surface area contributed by atoms with E-state index in [1.54, 1.807) is 12.1 Å². The number of amides is 1. The first-order valence-corrected chi connectivity index (χ1v) is 7.31. The van der Waals surface area contributed by atoms with E-state index in [1.165, 1.54) is 12.1 Å². The van der Waals surface area contributed by atoms with Gasteiger partial charge in [0.25, 0.3) is 0 Å². The molecule has 0 saturated heterocycles. The van der Waals surface area contributed by atoms with Gasteiger partial charge in [-0.05, 0) is 24.5 Å². The number of halogens is 1. The first kappa shape index (κ1) is 15.5. The molecule has 21 heavy (non-hydrogen) atoms. The Kier molecular flexibility index (Phi) is 4.94. The third-order valence-corrected chi connectivity index (χ3v) is 4.05. The Morgan fingerprint density at radius 2 is 1.76 bits per heavy atom. The smallest absolute Gasteiger partial charge is 0.329 e. The Bertz CT molecular complexity index is 522. The molecule has 1 fully saturated rings. The van der Waals surface area contributed by atoms with E-state index in [0.717, 1.165) is 25.7 Å². The van der Waals surface area contributed by atoms with Gasteiger partial charge in [0.1, 0.15) is 11.4 Å². The number of rotatable bonds is 4. The highest BCUT2D eigenvalue weighted by molar-refractivity contribution is 5.88. The highest BCUT2D eigenvalue weighted by Crippen LogP contribution is 2.27. The number of carbonyl (C=O) groups is 2. The van der Waals surface area contributed by atoms with Crippen molar-refractivity contribution < 1.29 is 19.1 Å². The van der Waals surface area contributed by atoms with Gasteiger partial charge in [-0.25, -0.2) is 9.18 Å². The molecule has 5 heteroatoms. The number of hydrogen-bond acceptors (Lipinski definition) is 2. The van der Waals surface area contributed by atoms with E-state index in [-0.39, 0.29) is 12.0 Å². The van der Waals surface area contributed by atoms with Crippen LogP contribution in [0.15, 0.2) is 24.3 Å². The zero-order chi connectivity index (χ0) is 15.3. The van der Waals surface area contributed by atoms with E-state index in [4.69, 9.17) is 0 Å². The lowest BCUT2D eigenvalue weighted by molar-refractivity contribution is -0.148. The van der Waals surface area contributed by atoms with E-state index in [9.17, 15) is 19.1 Å². The fourth-order valence-electron chi connectivity index (χ4n) is 2.85. The molecule has 0 aromatic heterocycles. The summed E-state index contributed by atoms with van der Waals surface area (Å²) in [4.78, 5) is 23.7.